The van der Waals surface area contributed by atoms with Gasteiger partial charge in [0.2, 0.25) is 0 Å². The van der Waals surface area contributed by atoms with Crippen LogP contribution in [-0.2, 0) is 10.0 Å². The minimum absolute atomic E-state index is 0.0470. The Morgan fingerprint density at radius 2 is 1.85 bits per heavy atom. The van der Waals surface area contributed by atoms with Crippen molar-refractivity contribution in [1.29, 1.82) is 0 Å². The SMILES string of the molecule is Cc1ccc(-c2onc(C)c2C)cc1S(=O)(=O)Nc1ccc(Br)cc1F. The Morgan fingerprint density at radius 1 is 1.12 bits per heavy atom. The van der Waals surface area contributed by atoms with E-state index in [4.69, 9.17) is 4.52 Å². The molecule has 0 bridgehead atoms. The molecular weight excluding hydrogens is 423 g/mol. The Balaban J connectivity index is 2.04. The second-order valence-electron chi connectivity index (χ2n) is 5.93. The van der Waals surface area contributed by atoms with Crippen molar-refractivity contribution in [2.24, 2.45) is 0 Å². The van der Waals surface area contributed by atoms with Crippen molar-refractivity contribution in [3.8, 4) is 11.3 Å². The van der Waals surface area contributed by atoms with Crippen LogP contribution in [0.5, 0.6) is 0 Å². The highest BCUT2D eigenvalue weighted by molar-refractivity contribution is 9.10. The molecule has 0 unspecified atom stereocenters. The van der Waals surface area contributed by atoms with Gasteiger partial charge >= 0.3 is 0 Å². The summed E-state index contributed by atoms with van der Waals surface area (Å²) < 4.78 is 47.7. The molecule has 0 saturated carbocycles. The number of halogens is 2. The zero-order valence-electron chi connectivity index (χ0n) is 14.3. The molecule has 5 nitrogen and oxygen atoms in total. The molecule has 0 aliphatic heterocycles. The molecule has 1 aromatic heterocycles. The van der Waals surface area contributed by atoms with Gasteiger partial charge in [0.1, 0.15) is 5.82 Å². The Morgan fingerprint density at radius 3 is 2.46 bits per heavy atom. The topological polar surface area (TPSA) is 72.2 Å². The predicted octanol–water partition coefficient (Wildman–Crippen LogP) is 4.97. The van der Waals surface area contributed by atoms with Crippen LogP contribution in [0, 0.1) is 26.6 Å². The molecule has 136 valence electrons. The largest absolute Gasteiger partial charge is 0.356 e. The summed E-state index contributed by atoms with van der Waals surface area (Å²) in [4.78, 5) is 0.0470. The van der Waals surface area contributed by atoms with E-state index in [-0.39, 0.29) is 10.6 Å². The minimum Gasteiger partial charge on any atom is -0.356 e. The average molecular weight is 439 g/mol. The molecule has 2 aromatic carbocycles. The highest BCUT2D eigenvalue weighted by Gasteiger charge is 2.21. The molecule has 1 N–H and O–H groups in total. The molecule has 0 spiro atoms. The second kappa shape index (κ2) is 6.85. The summed E-state index contributed by atoms with van der Waals surface area (Å²) in [5, 5.41) is 3.90. The van der Waals surface area contributed by atoms with Crippen molar-refractivity contribution in [2.45, 2.75) is 25.7 Å². The maximum absolute atomic E-state index is 14.0. The molecular formula is C18H16BrFN2O3S. The van der Waals surface area contributed by atoms with Crippen LogP contribution in [0.2, 0.25) is 0 Å². The third kappa shape index (κ3) is 3.52. The van der Waals surface area contributed by atoms with E-state index in [1.165, 1.54) is 18.2 Å². The van der Waals surface area contributed by atoms with Gasteiger partial charge in [-0.05, 0) is 50.6 Å². The first-order valence-corrected chi connectivity index (χ1v) is 9.98. The van der Waals surface area contributed by atoms with Gasteiger partial charge in [-0.25, -0.2) is 12.8 Å². The Bertz CT molecular complexity index is 1090. The summed E-state index contributed by atoms with van der Waals surface area (Å²) in [5.41, 5.74) is 2.58. The fraction of sp³-hybridized carbons (Fsp3) is 0.167. The molecule has 0 aliphatic carbocycles. The molecule has 1 heterocycles. The number of sulfonamides is 1. The van der Waals surface area contributed by atoms with Gasteiger partial charge < -0.3 is 4.52 Å². The van der Waals surface area contributed by atoms with Gasteiger partial charge in [0.25, 0.3) is 10.0 Å². The number of aryl methyl sites for hydroxylation is 2. The van der Waals surface area contributed by atoms with Crippen LogP contribution in [0.25, 0.3) is 11.3 Å². The van der Waals surface area contributed by atoms with Crippen molar-refractivity contribution < 1.29 is 17.3 Å². The lowest BCUT2D eigenvalue weighted by atomic mass is 10.1. The van der Waals surface area contributed by atoms with Crippen LogP contribution in [0.4, 0.5) is 10.1 Å². The van der Waals surface area contributed by atoms with E-state index in [1.807, 2.05) is 13.8 Å². The predicted molar refractivity (Wildman–Crippen MR) is 101 cm³/mol. The number of aromatic nitrogens is 1. The lowest BCUT2D eigenvalue weighted by Gasteiger charge is -2.12. The van der Waals surface area contributed by atoms with Gasteiger partial charge in [0.15, 0.2) is 5.76 Å². The number of hydrogen-bond donors (Lipinski definition) is 1. The smallest absolute Gasteiger partial charge is 0.262 e. The number of anilines is 1. The Kier molecular flexibility index (Phi) is 4.90. The van der Waals surface area contributed by atoms with E-state index < -0.39 is 15.8 Å². The van der Waals surface area contributed by atoms with Crippen LogP contribution in [0.15, 0.2) is 50.3 Å². The van der Waals surface area contributed by atoms with Gasteiger partial charge in [-0.2, -0.15) is 0 Å². The zero-order chi connectivity index (χ0) is 19.1. The monoisotopic (exact) mass is 438 g/mol. The van der Waals surface area contributed by atoms with Crippen molar-refractivity contribution in [1.82, 2.24) is 5.16 Å². The van der Waals surface area contributed by atoms with Crippen LogP contribution in [0.1, 0.15) is 16.8 Å². The van der Waals surface area contributed by atoms with Gasteiger partial charge in [-0.3, -0.25) is 4.72 Å². The standard InChI is InChI=1S/C18H16BrFN2O3S/c1-10-4-5-13(18-11(2)12(3)21-25-18)8-17(10)26(23,24)22-16-7-6-14(19)9-15(16)20/h4-9,22H,1-3H3. The third-order valence-electron chi connectivity index (χ3n) is 4.07. The Labute approximate surface area is 159 Å². The first kappa shape index (κ1) is 18.6. The van der Waals surface area contributed by atoms with Crippen LogP contribution in [0.3, 0.4) is 0 Å². The molecule has 0 fully saturated rings. The highest BCUT2D eigenvalue weighted by atomic mass is 79.9. The fourth-order valence-electron chi connectivity index (χ4n) is 2.49. The lowest BCUT2D eigenvalue weighted by Crippen LogP contribution is -2.15. The van der Waals surface area contributed by atoms with Crippen molar-refractivity contribution >= 4 is 31.6 Å². The zero-order valence-corrected chi connectivity index (χ0v) is 16.7. The van der Waals surface area contributed by atoms with Crippen LogP contribution in [-0.4, -0.2) is 13.6 Å². The molecule has 0 saturated heterocycles. The van der Waals surface area contributed by atoms with Crippen molar-refractivity contribution in [3.05, 3.63) is 63.5 Å². The van der Waals surface area contributed by atoms with Gasteiger partial charge in [0.05, 0.1) is 16.3 Å². The lowest BCUT2D eigenvalue weighted by molar-refractivity contribution is 0.426. The number of rotatable bonds is 4. The molecule has 0 amide bonds. The van der Waals surface area contributed by atoms with Gasteiger partial charge in [-0.1, -0.05) is 33.2 Å². The van der Waals surface area contributed by atoms with Gasteiger partial charge in [0, 0.05) is 15.6 Å². The van der Waals surface area contributed by atoms with Gasteiger partial charge in [-0.15, -0.1) is 0 Å². The second-order valence-corrected chi connectivity index (χ2v) is 8.50. The number of nitrogens with one attached hydrogen (secondary N) is 1. The molecule has 8 heteroatoms. The van der Waals surface area contributed by atoms with E-state index >= 15 is 0 Å². The average Bonchev–Trinajstić information content (AvgIpc) is 2.90. The van der Waals surface area contributed by atoms with Crippen LogP contribution < -0.4 is 4.72 Å². The summed E-state index contributed by atoms with van der Waals surface area (Å²) in [5.74, 6) is -0.160. The van der Waals surface area contributed by atoms with E-state index in [2.05, 4.69) is 25.8 Å². The summed E-state index contributed by atoms with van der Waals surface area (Å²) in [7, 11) is -3.98. The quantitative estimate of drug-likeness (QED) is 0.623. The summed E-state index contributed by atoms with van der Waals surface area (Å²) >= 11 is 3.14. The first-order valence-electron chi connectivity index (χ1n) is 7.71. The molecule has 3 aromatic rings. The molecule has 3 rings (SSSR count). The summed E-state index contributed by atoms with van der Waals surface area (Å²) in [6.45, 7) is 5.34. The van der Waals surface area contributed by atoms with E-state index in [1.54, 1.807) is 25.1 Å². The number of nitrogens with zero attached hydrogens (tertiary/aromatic N) is 1. The van der Waals surface area contributed by atoms with E-state index in [9.17, 15) is 12.8 Å². The van der Waals surface area contributed by atoms with E-state index in [0.717, 1.165) is 11.3 Å². The maximum atomic E-state index is 14.0. The van der Waals surface area contributed by atoms with Crippen molar-refractivity contribution in [2.75, 3.05) is 4.72 Å². The van der Waals surface area contributed by atoms with Crippen molar-refractivity contribution in [3.63, 3.8) is 0 Å². The normalized spacial score (nSPS) is 11.6. The fourth-order valence-corrected chi connectivity index (χ4v) is 4.16. The number of hydrogen-bond acceptors (Lipinski definition) is 4. The highest BCUT2D eigenvalue weighted by Crippen LogP contribution is 2.30. The third-order valence-corrected chi connectivity index (χ3v) is 6.07. The maximum Gasteiger partial charge on any atom is 0.262 e. The van der Waals surface area contributed by atoms with E-state index in [0.29, 0.717) is 21.4 Å². The van der Waals surface area contributed by atoms with Crippen LogP contribution >= 0.6 is 15.9 Å². The Hall–Kier alpha value is -2.19. The molecule has 0 atom stereocenters. The minimum atomic E-state index is -3.98. The number of benzene rings is 2. The summed E-state index contributed by atoms with van der Waals surface area (Å²) in [6.07, 6.45) is 0. The molecule has 0 aliphatic rings. The molecule has 0 radical (unpaired) electrons. The summed E-state index contributed by atoms with van der Waals surface area (Å²) in [6, 6.07) is 9.06. The first-order chi connectivity index (χ1) is 12.2. The molecule has 26 heavy (non-hydrogen) atoms.